The summed E-state index contributed by atoms with van der Waals surface area (Å²) in [4.78, 5) is 23.7. The fraction of sp³-hybridized carbons (Fsp3) is 0.250. The number of hydrogen-bond donors (Lipinski definition) is 0. The zero-order valence-corrected chi connectivity index (χ0v) is 28.3. The second-order valence-corrected chi connectivity index (χ2v) is 7.56. The fourth-order valence-corrected chi connectivity index (χ4v) is 1.83. The average molecular weight is 831 g/mol. The van der Waals surface area contributed by atoms with Crippen LogP contribution in [0.5, 0.6) is 36.1 Å². The summed E-state index contributed by atoms with van der Waals surface area (Å²) >= 11 is 8.08. The first kappa shape index (κ1) is 45.4. The fourth-order valence-electron chi connectivity index (χ4n) is 1.83. The van der Waals surface area contributed by atoms with Crippen LogP contribution in [0.3, 0.4) is 0 Å². The van der Waals surface area contributed by atoms with Crippen molar-refractivity contribution in [1.29, 1.82) is 0 Å². The number of ether oxygens (including phenoxy) is 6. The average Bonchev–Trinajstić information content (AvgIpc) is 3.05. The summed E-state index contributed by atoms with van der Waals surface area (Å²) < 4.78 is 31.2. The van der Waals surface area contributed by atoms with Crippen LogP contribution in [0.2, 0.25) is 0 Å². The zero-order valence-electron chi connectivity index (χ0n) is 22.5. The van der Waals surface area contributed by atoms with Crippen molar-refractivity contribution < 1.29 is 71.8 Å². The van der Waals surface area contributed by atoms with Gasteiger partial charge in [0.05, 0.1) is 0 Å². The van der Waals surface area contributed by atoms with Crippen LogP contribution in [0, 0.1) is 0 Å². The minimum absolute atomic E-state index is 0.114. The summed E-state index contributed by atoms with van der Waals surface area (Å²) in [5.41, 5.74) is 0. The minimum atomic E-state index is 0.114. The molecule has 2 rings (SSSR count). The van der Waals surface area contributed by atoms with E-state index in [4.69, 9.17) is 28.4 Å². The Hall–Kier alpha value is -2.02. The van der Waals surface area contributed by atoms with Gasteiger partial charge in [-0.15, -0.1) is 29.9 Å². The first-order chi connectivity index (χ1) is 21.0. The third kappa shape index (κ3) is 27.3. The molecular weight excluding hydrogens is 801 g/mol. The molecule has 0 fully saturated rings. The Kier molecular flexibility index (Phi) is 38.2. The van der Waals surface area contributed by atoms with E-state index in [2.05, 4.69) is 140 Å². The van der Waals surface area contributed by atoms with Crippen molar-refractivity contribution in [2.24, 2.45) is 0 Å². The van der Waals surface area contributed by atoms with Gasteiger partial charge >= 0.3 is 120 Å². The van der Waals surface area contributed by atoms with Crippen LogP contribution in [0.15, 0.2) is 75.9 Å². The molecule has 2 heterocycles. The van der Waals surface area contributed by atoms with Gasteiger partial charge < -0.3 is 28.4 Å². The van der Waals surface area contributed by atoms with Crippen molar-refractivity contribution in [2.45, 2.75) is 0 Å². The summed E-state index contributed by atoms with van der Waals surface area (Å²) in [7, 11) is 17.7. The maximum absolute atomic E-state index is 5.20. The maximum atomic E-state index is 5.20. The summed E-state index contributed by atoms with van der Waals surface area (Å²) in [6, 6.07) is 0.683. The van der Waals surface area contributed by atoms with E-state index < -0.39 is 0 Å². The Balaban J connectivity index is -0.000000616. The molecule has 0 aliphatic rings. The van der Waals surface area contributed by atoms with Gasteiger partial charge in [0.15, 0.2) is 0 Å². The molecule has 0 unspecified atom stereocenters. The Bertz CT molecular complexity index is 823. The first-order valence-corrected chi connectivity index (χ1v) is 16.2. The molecule has 0 aromatic carbocycles. The zero-order chi connectivity index (χ0) is 33.1. The van der Waals surface area contributed by atoms with Gasteiger partial charge in [-0.3, -0.25) is 0 Å². The molecular formula is C24H30Cl4Cu3N6O6. The molecule has 0 saturated carbocycles. The van der Waals surface area contributed by atoms with Gasteiger partial charge in [0.1, 0.15) is 39.6 Å². The van der Waals surface area contributed by atoms with Crippen molar-refractivity contribution in [1.82, 2.24) is 29.9 Å². The number of nitrogens with zero attached hydrogens (tertiary/aromatic N) is 6. The molecule has 0 amide bonds. The molecule has 2 aromatic heterocycles. The summed E-state index contributed by atoms with van der Waals surface area (Å²) in [5, 5.41) is 0. The molecule has 0 bridgehead atoms. The van der Waals surface area contributed by atoms with Crippen molar-refractivity contribution in [3.05, 3.63) is 75.9 Å². The third-order valence-electron chi connectivity index (χ3n) is 3.13. The molecule has 2 aromatic rings. The molecule has 253 valence electrons. The van der Waals surface area contributed by atoms with Crippen LogP contribution in [0.4, 0.5) is 0 Å². The van der Waals surface area contributed by atoms with Gasteiger partial charge in [0.2, 0.25) is 0 Å². The van der Waals surface area contributed by atoms with Crippen LogP contribution in [0.25, 0.3) is 0 Å². The van der Waals surface area contributed by atoms with Gasteiger partial charge in [-0.05, 0) is 0 Å². The standard InChI is InChI=1S/2C12H15N3O3.4ClH.3Cu/c2*1-4-7-16-10-13-11(17-8-5-2)15-12(14-10)18-9-6-3;;;;;;;/h2*4-6H,1-3,7-9H2;4*1H;;;/q;;;;;;2*+1;+2/p-4. The molecule has 19 heteroatoms. The number of halogens is 4. The first-order valence-electron chi connectivity index (χ1n) is 11.0. The summed E-state index contributed by atoms with van der Waals surface area (Å²) in [6.45, 7) is 22.9. The molecule has 0 saturated heterocycles. The Labute approximate surface area is 291 Å². The molecule has 0 radical (unpaired) electrons. The van der Waals surface area contributed by atoms with E-state index in [1.807, 2.05) is 0 Å². The van der Waals surface area contributed by atoms with Crippen LogP contribution in [-0.2, 0) is 43.3 Å². The Morgan fingerprint density at radius 3 is 0.628 bits per heavy atom. The van der Waals surface area contributed by atoms with E-state index in [-0.39, 0.29) is 75.7 Å². The van der Waals surface area contributed by atoms with E-state index in [9.17, 15) is 0 Å². The van der Waals surface area contributed by atoms with Crippen molar-refractivity contribution in [3.8, 4) is 36.1 Å². The molecule has 43 heavy (non-hydrogen) atoms. The van der Waals surface area contributed by atoms with Crippen LogP contribution < -0.4 is 28.4 Å². The normalized spacial score (nSPS) is 8.65. The summed E-state index contributed by atoms with van der Waals surface area (Å²) in [6.07, 6.45) is 9.49. The van der Waals surface area contributed by atoms with Crippen molar-refractivity contribution in [3.63, 3.8) is 0 Å². The SMILES string of the molecule is C=CCOc1nc(OCC=C)nc(OCC=C)n1.C=CCOc1nc(OCC=C)nc(OCC=C)n1.[Cl][Cu].[Cl][Cu].[Cl][Cu][Cl]. The van der Waals surface area contributed by atoms with Gasteiger partial charge in [0, 0.05) is 0 Å². The van der Waals surface area contributed by atoms with Crippen LogP contribution in [-0.4, -0.2) is 69.5 Å². The topological polar surface area (TPSA) is 133 Å². The predicted molar refractivity (Wildman–Crippen MR) is 157 cm³/mol. The molecule has 0 aliphatic carbocycles. The van der Waals surface area contributed by atoms with E-state index in [1.165, 1.54) is 0 Å². The van der Waals surface area contributed by atoms with E-state index in [1.54, 1.807) is 36.5 Å². The molecule has 0 N–H and O–H groups in total. The molecule has 0 atom stereocenters. The molecule has 0 aliphatic heterocycles. The Morgan fingerprint density at radius 1 is 0.419 bits per heavy atom. The van der Waals surface area contributed by atoms with Gasteiger partial charge in [0.25, 0.3) is 0 Å². The molecule has 0 spiro atoms. The monoisotopic (exact) mass is 827 g/mol. The van der Waals surface area contributed by atoms with Crippen LogP contribution in [0.1, 0.15) is 0 Å². The third-order valence-corrected chi connectivity index (χ3v) is 3.13. The number of aromatic nitrogens is 6. The predicted octanol–water partition coefficient (Wildman–Crippen LogP) is 5.88. The van der Waals surface area contributed by atoms with Gasteiger partial charge in [-0.1, -0.05) is 75.9 Å². The Morgan fingerprint density at radius 2 is 0.535 bits per heavy atom. The van der Waals surface area contributed by atoms with Gasteiger partial charge in [-0.2, -0.15) is 0 Å². The second-order valence-electron chi connectivity index (χ2n) is 6.01. The van der Waals surface area contributed by atoms with E-state index in [0.717, 1.165) is 13.1 Å². The van der Waals surface area contributed by atoms with Crippen LogP contribution >= 0.6 is 40.4 Å². The number of rotatable bonds is 18. The number of hydrogen-bond acceptors (Lipinski definition) is 12. The van der Waals surface area contributed by atoms with Gasteiger partial charge in [-0.25, -0.2) is 0 Å². The van der Waals surface area contributed by atoms with E-state index >= 15 is 0 Å². The quantitative estimate of drug-likeness (QED) is 0.131. The van der Waals surface area contributed by atoms with Crippen molar-refractivity contribution in [2.75, 3.05) is 39.6 Å². The van der Waals surface area contributed by atoms with Crippen molar-refractivity contribution >= 4 is 40.4 Å². The molecule has 12 nitrogen and oxygen atoms in total. The second kappa shape index (κ2) is 36.2. The summed E-state index contributed by atoms with van der Waals surface area (Å²) in [5.74, 6) is 0. The van der Waals surface area contributed by atoms with E-state index in [0.29, 0.717) is 0 Å².